The van der Waals surface area contributed by atoms with E-state index in [9.17, 15) is 9.90 Å². The smallest absolute Gasteiger partial charge is 0.319 e. The number of carbonyl (C=O) groups is 1. The van der Waals surface area contributed by atoms with Crippen molar-refractivity contribution in [1.29, 1.82) is 0 Å². The van der Waals surface area contributed by atoms with Crippen LogP contribution in [0.3, 0.4) is 0 Å². The van der Waals surface area contributed by atoms with E-state index in [2.05, 4.69) is 17.6 Å². The number of aliphatic hydroxyl groups is 1. The first-order valence-electron chi connectivity index (χ1n) is 9.19. The molecule has 140 valence electrons. The molecule has 3 N–H and O–H groups in total. The van der Waals surface area contributed by atoms with Crippen LogP contribution in [0.1, 0.15) is 44.2 Å². The molecule has 2 rings (SSSR count). The molecule has 2 aromatic carbocycles. The highest BCUT2D eigenvalue weighted by Gasteiger charge is 2.13. The molecule has 0 aliphatic carbocycles. The first-order valence-corrected chi connectivity index (χ1v) is 9.19. The van der Waals surface area contributed by atoms with Gasteiger partial charge in [0.1, 0.15) is 5.75 Å². The molecule has 0 spiro atoms. The van der Waals surface area contributed by atoms with Crippen molar-refractivity contribution in [3.8, 4) is 5.75 Å². The number of nitrogens with one attached hydrogen (secondary N) is 2. The van der Waals surface area contributed by atoms with Crippen molar-refractivity contribution in [2.45, 2.75) is 38.6 Å². The van der Waals surface area contributed by atoms with Gasteiger partial charge in [0.15, 0.2) is 0 Å². The highest BCUT2D eigenvalue weighted by atomic mass is 16.5. The Morgan fingerprint density at radius 1 is 1.04 bits per heavy atom. The zero-order valence-electron chi connectivity index (χ0n) is 15.3. The van der Waals surface area contributed by atoms with Crippen LogP contribution >= 0.6 is 0 Å². The third kappa shape index (κ3) is 6.76. The molecule has 0 radical (unpaired) electrons. The maximum atomic E-state index is 12.1. The number of anilines is 1. The molecule has 2 aromatic rings. The number of amides is 2. The van der Waals surface area contributed by atoms with E-state index in [1.807, 2.05) is 42.5 Å². The van der Waals surface area contributed by atoms with Crippen LogP contribution in [0.5, 0.6) is 5.75 Å². The normalized spacial score (nSPS) is 11.6. The third-order valence-electron chi connectivity index (χ3n) is 4.07. The average Bonchev–Trinajstić information content (AvgIpc) is 2.68. The molecule has 26 heavy (non-hydrogen) atoms. The summed E-state index contributed by atoms with van der Waals surface area (Å²) in [5.41, 5.74) is 1.53. The topological polar surface area (TPSA) is 70.6 Å². The van der Waals surface area contributed by atoms with Crippen LogP contribution in [0, 0.1) is 0 Å². The summed E-state index contributed by atoms with van der Waals surface area (Å²) in [6, 6.07) is 15.9. The first-order chi connectivity index (χ1) is 12.7. The maximum absolute atomic E-state index is 12.1. The molecule has 0 bridgehead atoms. The second-order valence-corrected chi connectivity index (χ2v) is 6.18. The van der Waals surface area contributed by atoms with Gasteiger partial charge in [-0.15, -0.1) is 0 Å². The van der Waals surface area contributed by atoms with Gasteiger partial charge in [-0.2, -0.15) is 0 Å². The van der Waals surface area contributed by atoms with Gasteiger partial charge < -0.3 is 20.5 Å². The molecule has 5 nitrogen and oxygen atoms in total. The summed E-state index contributed by atoms with van der Waals surface area (Å²) in [5.74, 6) is 0.796. The van der Waals surface area contributed by atoms with E-state index in [0.717, 1.165) is 17.7 Å². The summed E-state index contributed by atoms with van der Waals surface area (Å²) < 4.78 is 5.69. The lowest BCUT2D eigenvalue weighted by Gasteiger charge is -2.17. The Labute approximate surface area is 155 Å². The average molecular weight is 356 g/mol. The first kappa shape index (κ1) is 19.8. The molecule has 5 heteroatoms. The maximum Gasteiger partial charge on any atom is 0.319 e. The SMILES string of the molecule is CCCCCCOc1ccc(NC(=O)N[C@@H](CO)c2ccccc2)cc1. The number of carbonyl (C=O) groups excluding carboxylic acids is 1. The second-order valence-electron chi connectivity index (χ2n) is 6.18. The van der Waals surface area contributed by atoms with Crippen molar-refractivity contribution >= 4 is 11.7 Å². The minimum Gasteiger partial charge on any atom is -0.494 e. The number of aliphatic hydroxyl groups excluding tert-OH is 1. The molecule has 0 saturated heterocycles. The quantitative estimate of drug-likeness (QED) is 0.549. The van der Waals surface area contributed by atoms with E-state index in [0.29, 0.717) is 12.3 Å². The zero-order valence-corrected chi connectivity index (χ0v) is 15.3. The molecule has 0 aromatic heterocycles. The molecular formula is C21H28N2O3. The molecule has 0 fully saturated rings. The lowest BCUT2D eigenvalue weighted by Crippen LogP contribution is -2.34. The lowest BCUT2D eigenvalue weighted by atomic mass is 10.1. The van der Waals surface area contributed by atoms with Crippen LogP contribution < -0.4 is 15.4 Å². The van der Waals surface area contributed by atoms with Gasteiger partial charge in [-0.25, -0.2) is 4.79 Å². The molecule has 0 saturated carbocycles. The van der Waals surface area contributed by atoms with Gasteiger partial charge in [0, 0.05) is 5.69 Å². The summed E-state index contributed by atoms with van der Waals surface area (Å²) >= 11 is 0. The number of hydrogen-bond acceptors (Lipinski definition) is 3. The van der Waals surface area contributed by atoms with E-state index in [1.54, 1.807) is 12.1 Å². The summed E-state index contributed by atoms with van der Waals surface area (Å²) in [5, 5.41) is 15.0. The van der Waals surface area contributed by atoms with E-state index in [-0.39, 0.29) is 12.6 Å². The van der Waals surface area contributed by atoms with E-state index in [1.165, 1.54) is 19.3 Å². The molecule has 0 aliphatic rings. The van der Waals surface area contributed by atoms with E-state index >= 15 is 0 Å². The van der Waals surface area contributed by atoms with Crippen LogP contribution in [0.2, 0.25) is 0 Å². The van der Waals surface area contributed by atoms with Crippen LogP contribution in [0.25, 0.3) is 0 Å². The molecule has 2 amide bonds. The van der Waals surface area contributed by atoms with E-state index < -0.39 is 6.04 Å². The van der Waals surface area contributed by atoms with Gasteiger partial charge in [0.05, 0.1) is 19.3 Å². The number of urea groups is 1. The van der Waals surface area contributed by atoms with E-state index in [4.69, 9.17) is 4.74 Å². The fourth-order valence-corrected chi connectivity index (χ4v) is 2.60. The van der Waals surface area contributed by atoms with Crippen molar-refractivity contribution in [2.24, 2.45) is 0 Å². The summed E-state index contributed by atoms with van der Waals surface area (Å²) in [7, 11) is 0. The molecule has 0 heterocycles. The number of ether oxygens (including phenoxy) is 1. The molecule has 0 unspecified atom stereocenters. The monoisotopic (exact) mass is 356 g/mol. The highest BCUT2D eigenvalue weighted by Crippen LogP contribution is 2.17. The summed E-state index contributed by atoms with van der Waals surface area (Å²) in [6.45, 7) is 2.73. The van der Waals surface area contributed by atoms with Crippen LogP contribution in [0.15, 0.2) is 54.6 Å². The van der Waals surface area contributed by atoms with Crippen molar-refractivity contribution in [3.05, 3.63) is 60.2 Å². The predicted molar refractivity (Wildman–Crippen MR) is 105 cm³/mol. The minimum absolute atomic E-state index is 0.164. The van der Waals surface area contributed by atoms with Crippen LogP contribution in [-0.4, -0.2) is 24.4 Å². The standard InChI is InChI=1S/C21H28N2O3/c1-2-3-4-8-15-26-19-13-11-18(12-14-19)22-21(25)23-20(16-24)17-9-6-5-7-10-17/h5-7,9-14,20,24H,2-4,8,15-16H2,1H3,(H2,22,23,25)/t20-/m0/s1. The van der Waals surface area contributed by atoms with Crippen LogP contribution in [-0.2, 0) is 0 Å². The second kappa shape index (κ2) is 11.2. The van der Waals surface area contributed by atoms with Gasteiger partial charge in [-0.05, 0) is 36.2 Å². The predicted octanol–water partition coefficient (Wildman–Crippen LogP) is 4.50. The Morgan fingerprint density at radius 2 is 1.77 bits per heavy atom. The van der Waals surface area contributed by atoms with Crippen LogP contribution in [0.4, 0.5) is 10.5 Å². The van der Waals surface area contributed by atoms with Gasteiger partial charge in [-0.1, -0.05) is 56.5 Å². The Balaban J connectivity index is 1.79. The number of hydrogen-bond donors (Lipinski definition) is 3. The van der Waals surface area contributed by atoms with Gasteiger partial charge >= 0.3 is 6.03 Å². The number of unbranched alkanes of at least 4 members (excludes halogenated alkanes) is 3. The van der Waals surface area contributed by atoms with Crippen molar-refractivity contribution in [1.82, 2.24) is 5.32 Å². The summed E-state index contributed by atoms with van der Waals surface area (Å²) in [6.07, 6.45) is 4.69. The lowest BCUT2D eigenvalue weighted by molar-refractivity contribution is 0.225. The van der Waals surface area contributed by atoms with Crippen molar-refractivity contribution in [3.63, 3.8) is 0 Å². The van der Waals surface area contributed by atoms with Gasteiger partial charge in [-0.3, -0.25) is 0 Å². The fourth-order valence-electron chi connectivity index (χ4n) is 2.60. The van der Waals surface area contributed by atoms with Gasteiger partial charge in [0.25, 0.3) is 0 Å². The Kier molecular flexibility index (Phi) is 8.49. The molecular weight excluding hydrogens is 328 g/mol. The number of rotatable bonds is 10. The largest absolute Gasteiger partial charge is 0.494 e. The fraction of sp³-hybridized carbons (Fsp3) is 0.381. The Bertz CT molecular complexity index is 644. The number of benzene rings is 2. The molecule has 0 aliphatic heterocycles. The Morgan fingerprint density at radius 3 is 2.42 bits per heavy atom. The highest BCUT2D eigenvalue weighted by molar-refractivity contribution is 5.89. The Hall–Kier alpha value is -2.53. The zero-order chi connectivity index (χ0) is 18.6. The molecule has 1 atom stereocenters. The van der Waals surface area contributed by atoms with Gasteiger partial charge in [0.2, 0.25) is 0 Å². The van der Waals surface area contributed by atoms with Crippen molar-refractivity contribution in [2.75, 3.05) is 18.5 Å². The minimum atomic E-state index is -0.443. The third-order valence-corrected chi connectivity index (χ3v) is 4.07. The summed E-state index contributed by atoms with van der Waals surface area (Å²) in [4.78, 5) is 12.1. The van der Waals surface area contributed by atoms with Crippen molar-refractivity contribution < 1.29 is 14.6 Å².